The monoisotopic (exact) mass is 280 g/mol. The molecule has 1 heterocycles. The Morgan fingerprint density at radius 1 is 1.15 bits per heavy atom. The van der Waals surface area contributed by atoms with Gasteiger partial charge in [-0.15, -0.1) is 0 Å². The average Bonchev–Trinajstić information content (AvgIpc) is 2.48. The maximum atomic E-state index is 3.98. The molecule has 2 atom stereocenters. The van der Waals surface area contributed by atoms with Crippen molar-refractivity contribution >= 4 is 0 Å². The van der Waals surface area contributed by atoms with Crippen LogP contribution in [0.1, 0.15) is 78.6 Å². The first-order valence-corrected chi connectivity index (χ1v) is 9.20. The fourth-order valence-electron chi connectivity index (χ4n) is 4.22. The molecule has 20 heavy (non-hydrogen) atoms. The van der Waals surface area contributed by atoms with Crippen molar-refractivity contribution in [2.24, 2.45) is 5.92 Å². The number of nitrogens with zero attached hydrogens (tertiary/aromatic N) is 1. The van der Waals surface area contributed by atoms with Gasteiger partial charge in [0, 0.05) is 24.7 Å². The fraction of sp³-hybridized carbons (Fsp3) is 1.00. The highest BCUT2D eigenvalue weighted by Crippen LogP contribution is 2.33. The quantitative estimate of drug-likeness (QED) is 0.734. The summed E-state index contributed by atoms with van der Waals surface area (Å²) in [6.07, 6.45) is 12.6. The summed E-state index contributed by atoms with van der Waals surface area (Å²) >= 11 is 0. The predicted molar refractivity (Wildman–Crippen MR) is 88.2 cm³/mol. The van der Waals surface area contributed by atoms with Gasteiger partial charge >= 0.3 is 0 Å². The van der Waals surface area contributed by atoms with E-state index in [2.05, 4.69) is 31.0 Å². The lowest BCUT2D eigenvalue weighted by Gasteiger charge is -2.51. The predicted octanol–water partition coefficient (Wildman–Crippen LogP) is 4.20. The van der Waals surface area contributed by atoms with Crippen molar-refractivity contribution in [1.29, 1.82) is 0 Å². The maximum absolute atomic E-state index is 3.98. The second-order valence-corrected chi connectivity index (χ2v) is 7.35. The largest absolute Gasteiger partial charge is 0.308 e. The van der Waals surface area contributed by atoms with Gasteiger partial charge in [0.1, 0.15) is 0 Å². The van der Waals surface area contributed by atoms with Crippen LogP contribution >= 0.6 is 0 Å². The zero-order chi connectivity index (χ0) is 14.4. The van der Waals surface area contributed by atoms with E-state index in [0.29, 0.717) is 5.54 Å². The molecule has 1 aliphatic carbocycles. The first-order valence-electron chi connectivity index (χ1n) is 9.20. The molecule has 0 aromatic rings. The molecule has 1 aliphatic heterocycles. The highest BCUT2D eigenvalue weighted by Gasteiger charge is 2.40. The van der Waals surface area contributed by atoms with Gasteiger partial charge in [0.05, 0.1) is 0 Å². The Morgan fingerprint density at radius 3 is 2.55 bits per heavy atom. The topological polar surface area (TPSA) is 15.3 Å². The second-order valence-electron chi connectivity index (χ2n) is 7.35. The standard InChI is InChI=1S/C18H36N2/c1-4-6-10-13-20-15-18(11-8-7-9-12-18)19-14-17(20)16(3)5-2/h16-17,19H,4-15H2,1-3H3. The van der Waals surface area contributed by atoms with Gasteiger partial charge in [0.2, 0.25) is 0 Å². The van der Waals surface area contributed by atoms with Crippen LogP contribution in [-0.4, -0.2) is 36.1 Å². The lowest BCUT2D eigenvalue weighted by molar-refractivity contribution is 0.0313. The van der Waals surface area contributed by atoms with Crippen LogP contribution in [-0.2, 0) is 0 Å². The first-order chi connectivity index (χ1) is 9.71. The molecule has 2 aliphatic rings. The van der Waals surface area contributed by atoms with Crippen LogP contribution in [0.15, 0.2) is 0 Å². The molecule has 1 saturated carbocycles. The number of piperazine rings is 1. The first kappa shape index (κ1) is 16.3. The van der Waals surface area contributed by atoms with E-state index in [1.165, 1.54) is 77.4 Å². The summed E-state index contributed by atoms with van der Waals surface area (Å²) in [5, 5.41) is 3.98. The number of rotatable bonds is 6. The van der Waals surface area contributed by atoms with E-state index >= 15 is 0 Å². The van der Waals surface area contributed by atoms with E-state index in [9.17, 15) is 0 Å². The summed E-state index contributed by atoms with van der Waals surface area (Å²) in [5.41, 5.74) is 0.467. The van der Waals surface area contributed by atoms with Gasteiger partial charge in [0.25, 0.3) is 0 Å². The molecule has 118 valence electrons. The third-order valence-corrected chi connectivity index (χ3v) is 5.82. The second kappa shape index (κ2) is 7.79. The molecule has 0 bridgehead atoms. The van der Waals surface area contributed by atoms with Gasteiger partial charge in [-0.2, -0.15) is 0 Å². The van der Waals surface area contributed by atoms with Crippen LogP contribution in [0.5, 0.6) is 0 Å². The number of unbranched alkanes of at least 4 members (excludes halogenated alkanes) is 2. The van der Waals surface area contributed by atoms with Gasteiger partial charge in [0.15, 0.2) is 0 Å². The van der Waals surface area contributed by atoms with Crippen molar-refractivity contribution in [2.75, 3.05) is 19.6 Å². The molecule has 2 nitrogen and oxygen atoms in total. The van der Waals surface area contributed by atoms with E-state index in [0.717, 1.165) is 12.0 Å². The minimum absolute atomic E-state index is 0.467. The van der Waals surface area contributed by atoms with Crippen molar-refractivity contribution < 1.29 is 0 Å². The van der Waals surface area contributed by atoms with E-state index in [-0.39, 0.29) is 0 Å². The molecule has 2 fully saturated rings. The third kappa shape index (κ3) is 3.98. The highest BCUT2D eigenvalue weighted by atomic mass is 15.3. The van der Waals surface area contributed by atoms with Crippen LogP contribution in [0.25, 0.3) is 0 Å². The molecule has 1 N–H and O–H groups in total. The number of hydrogen-bond donors (Lipinski definition) is 1. The molecule has 2 unspecified atom stereocenters. The molecule has 0 amide bonds. The molecule has 2 rings (SSSR count). The molecular formula is C18H36N2. The number of hydrogen-bond acceptors (Lipinski definition) is 2. The lowest BCUT2D eigenvalue weighted by Crippen LogP contribution is -2.66. The van der Waals surface area contributed by atoms with E-state index < -0.39 is 0 Å². The Kier molecular flexibility index (Phi) is 6.35. The van der Waals surface area contributed by atoms with Gasteiger partial charge in [-0.25, -0.2) is 0 Å². The average molecular weight is 280 g/mol. The van der Waals surface area contributed by atoms with Crippen LogP contribution in [0.3, 0.4) is 0 Å². The van der Waals surface area contributed by atoms with Crippen LogP contribution in [0, 0.1) is 5.92 Å². The van der Waals surface area contributed by atoms with Gasteiger partial charge in [-0.3, -0.25) is 4.90 Å². The lowest BCUT2D eigenvalue weighted by atomic mass is 9.78. The molecule has 0 aromatic heterocycles. The van der Waals surface area contributed by atoms with Gasteiger partial charge in [-0.05, 0) is 31.7 Å². The minimum Gasteiger partial charge on any atom is -0.308 e. The summed E-state index contributed by atoms with van der Waals surface area (Å²) in [5.74, 6) is 0.824. The van der Waals surface area contributed by atoms with Crippen molar-refractivity contribution in [3.63, 3.8) is 0 Å². The molecule has 1 spiro atoms. The van der Waals surface area contributed by atoms with E-state index in [1.54, 1.807) is 0 Å². The van der Waals surface area contributed by atoms with Gasteiger partial charge < -0.3 is 5.32 Å². The van der Waals surface area contributed by atoms with Crippen LogP contribution < -0.4 is 5.32 Å². The Bertz CT molecular complexity index is 271. The van der Waals surface area contributed by atoms with E-state index in [1.807, 2.05) is 0 Å². The number of nitrogens with one attached hydrogen (secondary N) is 1. The summed E-state index contributed by atoms with van der Waals surface area (Å²) in [6, 6.07) is 0.768. The van der Waals surface area contributed by atoms with Crippen molar-refractivity contribution in [3.8, 4) is 0 Å². The Balaban J connectivity index is 1.97. The zero-order valence-corrected chi connectivity index (χ0v) is 14.1. The smallest absolute Gasteiger partial charge is 0.0309 e. The summed E-state index contributed by atoms with van der Waals surface area (Å²) in [6.45, 7) is 11.0. The van der Waals surface area contributed by atoms with E-state index in [4.69, 9.17) is 0 Å². The normalized spacial score (nSPS) is 28.6. The SMILES string of the molecule is CCCCCN1CC2(CCCCC2)NCC1C(C)CC. The maximum Gasteiger partial charge on any atom is 0.0309 e. The minimum atomic E-state index is 0.467. The molecule has 0 radical (unpaired) electrons. The Labute approximate surface area is 126 Å². The van der Waals surface area contributed by atoms with Crippen molar-refractivity contribution in [2.45, 2.75) is 90.1 Å². The zero-order valence-electron chi connectivity index (χ0n) is 14.1. The van der Waals surface area contributed by atoms with Crippen LogP contribution in [0.4, 0.5) is 0 Å². The Morgan fingerprint density at radius 2 is 1.90 bits per heavy atom. The van der Waals surface area contributed by atoms with Crippen LogP contribution in [0.2, 0.25) is 0 Å². The summed E-state index contributed by atoms with van der Waals surface area (Å²) in [4.78, 5) is 2.85. The van der Waals surface area contributed by atoms with Crippen molar-refractivity contribution in [3.05, 3.63) is 0 Å². The molecular weight excluding hydrogens is 244 g/mol. The molecule has 2 heteroatoms. The van der Waals surface area contributed by atoms with Crippen molar-refractivity contribution in [1.82, 2.24) is 10.2 Å². The summed E-state index contributed by atoms with van der Waals surface area (Å²) in [7, 11) is 0. The molecule has 0 aromatic carbocycles. The Hall–Kier alpha value is -0.0800. The highest BCUT2D eigenvalue weighted by molar-refractivity contribution is 5.00. The third-order valence-electron chi connectivity index (χ3n) is 5.82. The molecule has 1 saturated heterocycles. The van der Waals surface area contributed by atoms with Gasteiger partial charge in [-0.1, -0.05) is 59.3 Å². The summed E-state index contributed by atoms with van der Waals surface area (Å²) < 4.78 is 0. The fourth-order valence-corrected chi connectivity index (χ4v) is 4.22.